The molecule has 7 heteroatoms. The molecule has 3 aromatic rings. The van der Waals surface area contributed by atoms with Gasteiger partial charge in [-0.15, -0.1) is 0 Å². The van der Waals surface area contributed by atoms with Crippen LogP contribution in [0.15, 0.2) is 42.6 Å². The Bertz CT molecular complexity index is 1020. The number of amides is 1. The molecule has 4 rings (SSSR count). The maximum Gasteiger partial charge on any atom is 0.219 e. The lowest BCUT2D eigenvalue weighted by Crippen LogP contribution is -2.47. The number of fused-ring (bicyclic) bond motifs is 1. The predicted octanol–water partition coefficient (Wildman–Crippen LogP) is 2.65. The number of imidazole rings is 1. The normalized spacial score (nSPS) is 15.0. The lowest BCUT2D eigenvalue weighted by molar-refractivity contribution is -0.130. The van der Waals surface area contributed by atoms with Gasteiger partial charge >= 0.3 is 0 Å². The summed E-state index contributed by atoms with van der Waals surface area (Å²) in [5.41, 5.74) is 10.6. The van der Waals surface area contributed by atoms with E-state index in [1.807, 2.05) is 54.4 Å². The molecular weight excluding hydrogens is 366 g/mol. The molecular formula is C22H27N5O2. The van der Waals surface area contributed by atoms with Crippen molar-refractivity contribution in [1.82, 2.24) is 19.2 Å². The topological polar surface area (TPSA) is 76.1 Å². The van der Waals surface area contributed by atoms with Crippen LogP contribution in [0.25, 0.3) is 16.9 Å². The summed E-state index contributed by atoms with van der Waals surface area (Å²) in [5.74, 6) is 0.965. The van der Waals surface area contributed by atoms with Crippen molar-refractivity contribution in [1.29, 1.82) is 0 Å². The molecule has 7 nitrogen and oxygen atoms in total. The number of para-hydroxylation sites is 1. The molecule has 2 aromatic heterocycles. The number of ether oxygens (including phenoxy) is 1. The Morgan fingerprint density at radius 2 is 1.90 bits per heavy atom. The summed E-state index contributed by atoms with van der Waals surface area (Å²) in [4.78, 5) is 20.8. The third-order valence-corrected chi connectivity index (χ3v) is 5.37. The first kappa shape index (κ1) is 19.3. The Kier molecular flexibility index (Phi) is 5.40. The number of piperazine rings is 1. The minimum atomic E-state index is 0.138. The van der Waals surface area contributed by atoms with Crippen LogP contribution in [0.2, 0.25) is 0 Å². The van der Waals surface area contributed by atoms with Gasteiger partial charge in [-0.25, -0.2) is 4.98 Å². The molecule has 152 valence electrons. The number of nitrogen functional groups attached to an aromatic ring is 1. The van der Waals surface area contributed by atoms with Crippen molar-refractivity contribution >= 4 is 17.2 Å². The molecule has 0 unspecified atom stereocenters. The van der Waals surface area contributed by atoms with E-state index < -0.39 is 0 Å². The zero-order valence-electron chi connectivity index (χ0n) is 17.0. The maximum absolute atomic E-state index is 11.6. The lowest BCUT2D eigenvalue weighted by atomic mass is 10.1. The Balaban J connectivity index is 1.73. The number of anilines is 1. The number of hydrogen-bond acceptors (Lipinski definition) is 5. The second-order valence-electron chi connectivity index (χ2n) is 7.31. The van der Waals surface area contributed by atoms with Crippen molar-refractivity contribution in [3.8, 4) is 17.0 Å². The minimum absolute atomic E-state index is 0.138. The van der Waals surface area contributed by atoms with Gasteiger partial charge in [0.25, 0.3) is 0 Å². The molecule has 0 aliphatic carbocycles. The van der Waals surface area contributed by atoms with Crippen molar-refractivity contribution in [2.75, 3.05) is 38.5 Å². The largest absolute Gasteiger partial charge is 0.493 e. The quantitative estimate of drug-likeness (QED) is 0.721. The summed E-state index contributed by atoms with van der Waals surface area (Å²) < 4.78 is 7.94. The van der Waals surface area contributed by atoms with Gasteiger partial charge in [0, 0.05) is 57.1 Å². The smallest absolute Gasteiger partial charge is 0.219 e. The third kappa shape index (κ3) is 3.91. The first-order valence-corrected chi connectivity index (χ1v) is 10.0. The van der Waals surface area contributed by atoms with Crippen LogP contribution >= 0.6 is 0 Å². The van der Waals surface area contributed by atoms with Crippen LogP contribution in [-0.2, 0) is 11.3 Å². The van der Waals surface area contributed by atoms with E-state index in [4.69, 9.17) is 15.5 Å². The van der Waals surface area contributed by atoms with Gasteiger partial charge in [0.1, 0.15) is 11.4 Å². The standard InChI is InChI=1S/C22H27N5O2/c1-3-29-20-7-5-4-6-18(20)22-19(27-14-17(23)8-9-21(27)24-22)15-25-10-12-26(13-11-25)16(2)28/h4-9,14H,3,10-13,15,23H2,1-2H3. The van der Waals surface area contributed by atoms with E-state index in [1.165, 1.54) is 0 Å². The van der Waals surface area contributed by atoms with Crippen molar-refractivity contribution < 1.29 is 9.53 Å². The van der Waals surface area contributed by atoms with Crippen LogP contribution in [0.3, 0.4) is 0 Å². The Hall–Kier alpha value is -3.06. The van der Waals surface area contributed by atoms with E-state index in [0.717, 1.165) is 61.1 Å². The fourth-order valence-corrected chi connectivity index (χ4v) is 3.85. The van der Waals surface area contributed by atoms with E-state index in [0.29, 0.717) is 12.3 Å². The molecule has 3 heterocycles. The molecule has 1 saturated heterocycles. The van der Waals surface area contributed by atoms with Gasteiger partial charge in [-0.3, -0.25) is 9.69 Å². The average Bonchev–Trinajstić information content (AvgIpc) is 3.06. The number of benzene rings is 1. The van der Waals surface area contributed by atoms with Gasteiger partial charge in [0.05, 0.1) is 18.0 Å². The number of carbonyl (C=O) groups excluding carboxylic acids is 1. The van der Waals surface area contributed by atoms with Gasteiger partial charge in [-0.2, -0.15) is 0 Å². The number of nitrogens with two attached hydrogens (primary N) is 1. The molecule has 2 N–H and O–H groups in total. The van der Waals surface area contributed by atoms with Crippen LogP contribution in [0, 0.1) is 0 Å². The second kappa shape index (κ2) is 8.13. The van der Waals surface area contributed by atoms with Crippen molar-refractivity contribution in [3.05, 3.63) is 48.3 Å². The van der Waals surface area contributed by atoms with Crippen LogP contribution in [0.1, 0.15) is 19.5 Å². The number of aromatic nitrogens is 2. The zero-order valence-corrected chi connectivity index (χ0v) is 17.0. The fraction of sp³-hybridized carbons (Fsp3) is 0.364. The summed E-state index contributed by atoms with van der Waals surface area (Å²) in [7, 11) is 0. The summed E-state index contributed by atoms with van der Waals surface area (Å²) in [6, 6.07) is 11.8. The molecule has 1 aliphatic heterocycles. The molecule has 0 bridgehead atoms. The van der Waals surface area contributed by atoms with Gasteiger partial charge in [-0.1, -0.05) is 12.1 Å². The third-order valence-electron chi connectivity index (χ3n) is 5.37. The molecule has 0 atom stereocenters. The number of carbonyl (C=O) groups is 1. The molecule has 29 heavy (non-hydrogen) atoms. The molecule has 1 fully saturated rings. The highest BCUT2D eigenvalue weighted by molar-refractivity contribution is 5.74. The van der Waals surface area contributed by atoms with E-state index in [9.17, 15) is 4.79 Å². The highest BCUT2D eigenvalue weighted by Crippen LogP contribution is 2.33. The van der Waals surface area contributed by atoms with E-state index in [-0.39, 0.29) is 5.91 Å². The first-order valence-electron chi connectivity index (χ1n) is 10.0. The number of rotatable bonds is 5. The summed E-state index contributed by atoms with van der Waals surface area (Å²) in [6.45, 7) is 8.11. The SMILES string of the molecule is CCOc1ccccc1-c1nc2ccc(N)cn2c1CN1CCN(C(C)=O)CC1. The van der Waals surface area contributed by atoms with Crippen LogP contribution in [0.4, 0.5) is 5.69 Å². The van der Waals surface area contributed by atoms with E-state index in [1.54, 1.807) is 6.92 Å². The molecule has 0 saturated carbocycles. The number of nitrogens with zero attached hydrogens (tertiary/aromatic N) is 4. The van der Waals surface area contributed by atoms with E-state index >= 15 is 0 Å². The Morgan fingerprint density at radius 1 is 1.14 bits per heavy atom. The monoisotopic (exact) mass is 393 g/mol. The molecule has 0 spiro atoms. The fourth-order valence-electron chi connectivity index (χ4n) is 3.85. The first-order chi connectivity index (χ1) is 14.1. The van der Waals surface area contributed by atoms with E-state index in [2.05, 4.69) is 9.30 Å². The van der Waals surface area contributed by atoms with Crippen LogP contribution in [0.5, 0.6) is 5.75 Å². The van der Waals surface area contributed by atoms with Crippen molar-refractivity contribution in [2.24, 2.45) is 0 Å². The summed E-state index contributed by atoms with van der Waals surface area (Å²) in [6.07, 6.45) is 1.93. The maximum atomic E-state index is 11.6. The van der Waals surface area contributed by atoms with Crippen molar-refractivity contribution in [2.45, 2.75) is 20.4 Å². The van der Waals surface area contributed by atoms with Crippen LogP contribution < -0.4 is 10.5 Å². The molecule has 1 aromatic carbocycles. The lowest BCUT2D eigenvalue weighted by Gasteiger charge is -2.34. The molecule has 1 aliphatic rings. The number of hydrogen-bond donors (Lipinski definition) is 1. The van der Waals surface area contributed by atoms with Gasteiger partial charge < -0.3 is 19.8 Å². The average molecular weight is 393 g/mol. The van der Waals surface area contributed by atoms with Gasteiger partial charge in [0.15, 0.2) is 0 Å². The summed E-state index contributed by atoms with van der Waals surface area (Å²) >= 11 is 0. The van der Waals surface area contributed by atoms with Crippen LogP contribution in [-0.4, -0.2) is 57.9 Å². The molecule has 0 radical (unpaired) electrons. The highest BCUT2D eigenvalue weighted by Gasteiger charge is 2.23. The van der Waals surface area contributed by atoms with Crippen molar-refractivity contribution in [3.63, 3.8) is 0 Å². The summed E-state index contributed by atoms with van der Waals surface area (Å²) in [5, 5.41) is 0. The van der Waals surface area contributed by atoms with Gasteiger partial charge in [-0.05, 0) is 31.2 Å². The molecule has 1 amide bonds. The zero-order chi connectivity index (χ0) is 20.4. The highest BCUT2D eigenvalue weighted by atomic mass is 16.5. The number of pyridine rings is 1. The Morgan fingerprint density at radius 3 is 2.62 bits per heavy atom. The Labute approximate surface area is 170 Å². The van der Waals surface area contributed by atoms with Gasteiger partial charge in [0.2, 0.25) is 5.91 Å². The second-order valence-corrected chi connectivity index (χ2v) is 7.31. The minimum Gasteiger partial charge on any atom is -0.493 e. The predicted molar refractivity (Wildman–Crippen MR) is 114 cm³/mol.